The Morgan fingerprint density at radius 1 is 0.483 bits per heavy atom. The van der Waals surface area contributed by atoms with Crippen molar-refractivity contribution >= 4 is 60.1 Å². The van der Waals surface area contributed by atoms with Gasteiger partial charge in [0.15, 0.2) is 0 Å². The summed E-state index contributed by atoms with van der Waals surface area (Å²) in [6.07, 6.45) is 2.29. The van der Waals surface area contributed by atoms with E-state index in [0.717, 1.165) is 90.5 Å². The summed E-state index contributed by atoms with van der Waals surface area (Å²) < 4.78 is 40.7. The minimum Gasteiger partial charge on any atom is -0.492 e. The number of ether oxygens (including phenoxy) is 1. The van der Waals surface area contributed by atoms with E-state index in [4.69, 9.17) is 26.0 Å². The van der Waals surface area contributed by atoms with E-state index < -0.39 is 16.3 Å². The molecule has 8 rings (SSSR count). The van der Waals surface area contributed by atoms with Gasteiger partial charge in [0.25, 0.3) is 0 Å². The molecule has 0 N–H and O–H groups in total. The van der Waals surface area contributed by atoms with Gasteiger partial charge in [-0.2, -0.15) is 0 Å². The van der Waals surface area contributed by atoms with E-state index in [0.29, 0.717) is 12.8 Å². The molecule has 8 aromatic rings. The van der Waals surface area contributed by atoms with E-state index in [2.05, 4.69) is 104 Å². The topological polar surface area (TPSA) is 71.0 Å². The predicted molar refractivity (Wildman–Crippen MR) is 242 cm³/mol. The third-order valence-corrected chi connectivity index (χ3v) is 13.0. The zero-order chi connectivity index (χ0) is 40.6. The number of hydrogen-bond donors (Lipinski definition) is 0. The number of fused-ring (bicyclic) bond motifs is 6. The van der Waals surface area contributed by atoms with Crippen molar-refractivity contribution in [3.8, 4) is 22.6 Å². The second-order valence-electron chi connectivity index (χ2n) is 16.8. The minimum atomic E-state index is -1.92. The molecule has 2 heterocycles. The zero-order valence-electron chi connectivity index (χ0n) is 34.7. The van der Waals surface area contributed by atoms with Crippen LogP contribution in [0.25, 0.3) is 55.0 Å². The highest BCUT2D eigenvalue weighted by Crippen LogP contribution is 2.50. The van der Waals surface area contributed by atoms with Gasteiger partial charge in [-0.1, -0.05) is 140 Å². The standard InChI is InChI=1S/C50H52O6P2/c1-9-33-29-39(47(41(31-33)49(3,4)5)51-27-28-57-52-43-23-15-11-19-35(43)36-20-12-16-24-44(36)53-57)40-30-34(10-2)32-42(50(6,7)8)48(40)56-58-54-45-25-17-13-21-37(45)38-22-14-18-26-46(38)55-58/h11-26,29-32H,9-10,27-28H2,1-8H3. The molecular weight excluding hydrogens is 758 g/mol. The van der Waals surface area contributed by atoms with Crippen molar-refractivity contribution in [2.45, 2.75) is 85.2 Å². The molecule has 0 saturated carbocycles. The molecule has 0 aliphatic heterocycles. The molecule has 0 atom stereocenters. The molecule has 0 amide bonds. The highest BCUT2D eigenvalue weighted by Gasteiger charge is 2.30. The van der Waals surface area contributed by atoms with Crippen molar-refractivity contribution in [1.29, 1.82) is 0 Å². The highest BCUT2D eigenvalue weighted by molar-refractivity contribution is 7.36. The molecule has 0 unspecified atom stereocenters. The monoisotopic (exact) mass is 810 g/mol. The van der Waals surface area contributed by atoms with Gasteiger partial charge in [-0.15, -0.1) is 0 Å². The van der Waals surface area contributed by atoms with Crippen molar-refractivity contribution in [2.24, 2.45) is 0 Å². The number of rotatable bonds is 9. The molecule has 8 heteroatoms. The van der Waals surface area contributed by atoms with Crippen molar-refractivity contribution < 1.29 is 26.0 Å². The Morgan fingerprint density at radius 3 is 1.28 bits per heavy atom. The number of para-hydroxylation sites is 4. The lowest BCUT2D eigenvalue weighted by atomic mass is 9.80. The summed E-state index contributed by atoms with van der Waals surface area (Å²) in [6, 6.07) is 41.6. The summed E-state index contributed by atoms with van der Waals surface area (Å²) in [5.74, 6) is 1.57. The summed E-state index contributed by atoms with van der Waals surface area (Å²) in [5, 5.41) is 4.01. The summed E-state index contributed by atoms with van der Waals surface area (Å²) >= 11 is 0. The maximum Gasteiger partial charge on any atom is 0.453 e. The fourth-order valence-electron chi connectivity index (χ4n) is 7.47. The van der Waals surface area contributed by atoms with Crippen LogP contribution in [0.5, 0.6) is 11.5 Å². The minimum absolute atomic E-state index is 0.227. The molecule has 0 aliphatic rings. The molecule has 0 radical (unpaired) electrons. The van der Waals surface area contributed by atoms with Crippen LogP contribution in [-0.2, 0) is 29.8 Å². The lowest BCUT2D eigenvalue weighted by Crippen LogP contribution is -2.16. The molecule has 58 heavy (non-hydrogen) atoms. The first-order valence-electron chi connectivity index (χ1n) is 20.2. The molecule has 0 bridgehead atoms. The first-order valence-corrected chi connectivity index (χ1v) is 22.7. The van der Waals surface area contributed by atoms with Gasteiger partial charge in [-0.05, 0) is 71.2 Å². The number of hydrogen-bond acceptors (Lipinski definition) is 6. The molecule has 2 aromatic heterocycles. The average Bonchev–Trinajstić information content (AvgIpc) is 3.47. The number of benzene rings is 6. The van der Waals surface area contributed by atoms with Crippen LogP contribution in [0, 0.1) is 0 Å². The first kappa shape index (κ1) is 39.5. The predicted octanol–water partition coefficient (Wildman–Crippen LogP) is 16.2. The van der Waals surface area contributed by atoms with Crippen molar-refractivity contribution in [3.05, 3.63) is 144 Å². The van der Waals surface area contributed by atoms with Crippen LogP contribution < -0.4 is 9.26 Å². The fraction of sp³-hybridized carbons (Fsp3) is 0.280. The van der Waals surface area contributed by atoms with Crippen LogP contribution >= 0.6 is 16.3 Å². The van der Waals surface area contributed by atoms with Gasteiger partial charge in [0, 0.05) is 43.8 Å². The smallest absolute Gasteiger partial charge is 0.453 e. The highest BCUT2D eigenvalue weighted by atomic mass is 31.1. The van der Waals surface area contributed by atoms with Gasteiger partial charge >= 0.3 is 8.24 Å². The largest absolute Gasteiger partial charge is 0.492 e. The summed E-state index contributed by atoms with van der Waals surface area (Å²) in [5.41, 5.74) is 9.19. The van der Waals surface area contributed by atoms with E-state index in [-0.39, 0.29) is 10.8 Å². The molecule has 298 valence electrons. The average molecular weight is 811 g/mol. The maximum absolute atomic E-state index is 7.15. The van der Waals surface area contributed by atoms with E-state index in [1.54, 1.807) is 0 Å². The van der Waals surface area contributed by atoms with Crippen LogP contribution in [0.1, 0.15) is 77.6 Å². The van der Waals surface area contributed by atoms with Gasteiger partial charge in [-0.3, -0.25) is 0 Å². The third-order valence-electron chi connectivity index (χ3n) is 10.6. The molecule has 0 fully saturated rings. The van der Waals surface area contributed by atoms with Crippen molar-refractivity contribution in [3.63, 3.8) is 0 Å². The Hall–Kier alpha value is -5.28. The van der Waals surface area contributed by atoms with Gasteiger partial charge in [0.1, 0.15) is 40.4 Å². The number of aryl methyl sites for hydroxylation is 2. The maximum atomic E-state index is 7.15. The summed E-state index contributed by atoms with van der Waals surface area (Å²) in [4.78, 5) is 0. The van der Waals surface area contributed by atoms with Gasteiger partial charge < -0.3 is 26.0 Å². The fourth-order valence-corrected chi connectivity index (χ4v) is 9.79. The molecule has 0 spiro atoms. The van der Waals surface area contributed by atoms with Gasteiger partial charge in [0.2, 0.25) is 8.01 Å². The van der Waals surface area contributed by atoms with E-state index in [1.807, 2.05) is 72.8 Å². The zero-order valence-corrected chi connectivity index (χ0v) is 36.5. The Labute approximate surface area is 343 Å². The van der Waals surface area contributed by atoms with Crippen LogP contribution in [0.3, 0.4) is 0 Å². The molecule has 0 saturated heterocycles. The molecule has 6 aromatic carbocycles. The first-order chi connectivity index (χ1) is 27.9. The summed E-state index contributed by atoms with van der Waals surface area (Å²) in [7, 11) is -3.27. The lowest BCUT2D eigenvalue weighted by molar-refractivity contribution is 0.321. The van der Waals surface area contributed by atoms with Crippen LogP contribution in [0.15, 0.2) is 138 Å². The Morgan fingerprint density at radius 2 is 0.862 bits per heavy atom. The second-order valence-corrected chi connectivity index (χ2v) is 19.3. The lowest BCUT2D eigenvalue weighted by Gasteiger charge is -2.29. The van der Waals surface area contributed by atoms with E-state index in [1.165, 1.54) is 11.1 Å². The van der Waals surface area contributed by atoms with Crippen LogP contribution in [0.4, 0.5) is 0 Å². The summed E-state index contributed by atoms with van der Waals surface area (Å²) in [6.45, 7) is 18.2. The molecule has 6 nitrogen and oxygen atoms in total. The van der Waals surface area contributed by atoms with Crippen molar-refractivity contribution in [2.75, 3.05) is 6.61 Å². The normalized spacial score (nSPS) is 12.1. The Balaban J connectivity index is 1.31. The SMILES string of the molecule is CCc1cc(-c2cc(CC)cc(C(C)(C)C)c2Op2oc3ccccc3c3ccccc3o2)c(OCCp2oc3ccccc3c3ccccc3o2)c(C(C)(C)C)c1. The molecule has 0 aliphatic carbocycles. The van der Waals surface area contributed by atoms with Crippen LogP contribution in [0.2, 0.25) is 0 Å². The Kier molecular flexibility index (Phi) is 11.0. The van der Waals surface area contributed by atoms with E-state index >= 15 is 0 Å². The molecular formula is C50H52O6P2. The van der Waals surface area contributed by atoms with Gasteiger partial charge in [-0.25, -0.2) is 0 Å². The van der Waals surface area contributed by atoms with Gasteiger partial charge in [0.05, 0.1) is 6.16 Å². The Bertz CT molecular complexity index is 2740. The second kappa shape index (κ2) is 16.2. The third kappa shape index (κ3) is 8.06. The van der Waals surface area contributed by atoms with Crippen LogP contribution in [-0.4, -0.2) is 6.61 Å². The quantitative estimate of drug-likeness (QED) is 0.145. The van der Waals surface area contributed by atoms with Crippen molar-refractivity contribution in [1.82, 2.24) is 0 Å². The van der Waals surface area contributed by atoms with E-state index in [9.17, 15) is 0 Å².